The van der Waals surface area contributed by atoms with Gasteiger partial charge in [-0.2, -0.15) is 17.5 Å². The Kier molecular flexibility index (Phi) is 6.98. The molecule has 0 spiro atoms. The van der Waals surface area contributed by atoms with E-state index in [-0.39, 0.29) is 35.8 Å². The van der Waals surface area contributed by atoms with Crippen LogP contribution in [0.25, 0.3) is 0 Å². The van der Waals surface area contributed by atoms with Crippen molar-refractivity contribution < 1.29 is 31.1 Å². The Morgan fingerprint density at radius 2 is 1.71 bits per heavy atom. The number of alkyl halides is 3. The van der Waals surface area contributed by atoms with Crippen LogP contribution in [0.2, 0.25) is 0 Å². The van der Waals surface area contributed by atoms with E-state index in [0.717, 1.165) is 11.3 Å². The van der Waals surface area contributed by atoms with Crippen LogP contribution in [-0.4, -0.2) is 49.7 Å². The molecule has 2 heterocycles. The summed E-state index contributed by atoms with van der Waals surface area (Å²) in [5.74, 6) is -0.415. The van der Waals surface area contributed by atoms with E-state index in [1.807, 2.05) is 4.90 Å². The van der Waals surface area contributed by atoms with Crippen molar-refractivity contribution in [1.29, 1.82) is 0 Å². The Morgan fingerprint density at radius 3 is 2.31 bits per heavy atom. The molecule has 5 nitrogen and oxygen atoms in total. The number of sulfonamides is 1. The van der Waals surface area contributed by atoms with E-state index < -0.39 is 33.7 Å². The number of rotatable bonds is 6. The SMILES string of the molecule is CC(O)(c1ccc(N2CCN(S(=O)(=O)c3cccs3)CC2Cc2ccccc2F)cc1)C(F)(F)F. The molecule has 0 amide bonds. The van der Waals surface area contributed by atoms with Gasteiger partial charge in [0.1, 0.15) is 10.0 Å². The molecule has 0 saturated carbocycles. The monoisotopic (exact) mass is 528 g/mol. The van der Waals surface area contributed by atoms with Crippen LogP contribution < -0.4 is 4.90 Å². The lowest BCUT2D eigenvalue weighted by atomic mass is 9.94. The molecule has 2 atom stereocenters. The summed E-state index contributed by atoms with van der Waals surface area (Å²) in [7, 11) is -3.73. The summed E-state index contributed by atoms with van der Waals surface area (Å²) in [6, 6.07) is 14.3. The van der Waals surface area contributed by atoms with E-state index in [1.54, 1.807) is 29.6 Å². The second-order valence-electron chi connectivity index (χ2n) is 8.55. The Labute approximate surface area is 205 Å². The average Bonchev–Trinajstić information content (AvgIpc) is 3.36. The second kappa shape index (κ2) is 9.53. The highest BCUT2D eigenvalue weighted by Gasteiger charge is 2.51. The van der Waals surface area contributed by atoms with Crippen LogP contribution in [0, 0.1) is 5.82 Å². The van der Waals surface area contributed by atoms with Gasteiger partial charge in [-0.1, -0.05) is 36.4 Å². The summed E-state index contributed by atoms with van der Waals surface area (Å²) in [6.45, 7) is 1.20. The van der Waals surface area contributed by atoms with E-state index in [0.29, 0.717) is 18.2 Å². The van der Waals surface area contributed by atoms with Crippen molar-refractivity contribution in [2.75, 3.05) is 24.5 Å². The summed E-state index contributed by atoms with van der Waals surface area (Å²) < 4.78 is 81.9. The molecule has 11 heteroatoms. The number of hydrogen-bond acceptors (Lipinski definition) is 5. The molecule has 4 rings (SSSR count). The molecule has 1 saturated heterocycles. The van der Waals surface area contributed by atoms with Gasteiger partial charge in [0.15, 0.2) is 5.60 Å². The summed E-state index contributed by atoms with van der Waals surface area (Å²) in [6.07, 6.45) is -4.64. The predicted molar refractivity (Wildman–Crippen MR) is 126 cm³/mol. The molecule has 3 aromatic rings. The molecule has 1 fully saturated rings. The van der Waals surface area contributed by atoms with Crippen LogP contribution in [0.5, 0.6) is 0 Å². The first-order valence-electron chi connectivity index (χ1n) is 10.8. The van der Waals surface area contributed by atoms with Gasteiger partial charge < -0.3 is 10.0 Å². The molecule has 2 aromatic carbocycles. The Hall–Kier alpha value is -2.47. The van der Waals surface area contributed by atoms with Crippen molar-refractivity contribution >= 4 is 27.0 Å². The largest absolute Gasteiger partial charge is 0.421 e. The molecule has 0 aliphatic carbocycles. The highest BCUT2D eigenvalue weighted by atomic mass is 32.2. The highest BCUT2D eigenvalue weighted by molar-refractivity contribution is 7.91. The Bertz CT molecular complexity index is 1260. The van der Waals surface area contributed by atoms with Crippen molar-refractivity contribution in [3.63, 3.8) is 0 Å². The first-order valence-corrected chi connectivity index (χ1v) is 13.2. The first kappa shape index (κ1) is 25.6. The molecule has 1 aliphatic rings. The number of anilines is 1. The van der Waals surface area contributed by atoms with Crippen LogP contribution in [0.1, 0.15) is 18.1 Å². The fraction of sp³-hybridized carbons (Fsp3) is 0.333. The fourth-order valence-electron chi connectivity index (χ4n) is 4.16. The summed E-state index contributed by atoms with van der Waals surface area (Å²) in [5, 5.41) is 11.6. The molecular weight excluding hydrogens is 504 g/mol. The molecule has 2 unspecified atom stereocenters. The van der Waals surface area contributed by atoms with Crippen LogP contribution in [0.15, 0.2) is 70.3 Å². The maximum Gasteiger partial charge on any atom is 0.421 e. The zero-order valence-corrected chi connectivity index (χ0v) is 20.4. The van der Waals surface area contributed by atoms with Crippen molar-refractivity contribution in [1.82, 2.24) is 4.31 Å². The molecule has 1 aliphatic heterocycles. The van der Waals surface area contributed by atoms with Gasteiger partial charge in [-0.25, -0.2) is 12.8 Å². The molecule has 188 valence electrons. The summed E-state index contributed by atoms with van der Waals surface area (Å²) in [4.78, 5) is 1.87. The second-order valence-corrected chi connectivity index (χ2v) is 11.7. The van der Waals surface area contributed by atoms with Gasteiger partial charge in [-0.05, 0) is 54.1 Å². The number of aliphatic hydroxyl groups is 1. The summed E-state index contributed by atoms with van der Waals surface area (Å²) >= 11 is 1.12. The lowest BCUT2D eigenvalue weighted by molar-refractivity contribution is -0.258. The van der Waals surface area contributed by atoms with Gasteiger partial charge in [0.2, 0.25) is 0 Å². The van der Waals surface area contributed by atoms with E-state index in [2.05, 4.69) is 0 Å². The molecule has 0 bridgehead atoms. The topological polar surface area (TPSA) is 60.9 Å². The van der Waals surface area contributed by atoms with Gasteiger partial charge in [0.05, 0.1) is 0 Å². The molecule has 1 aromatic heterocycles. The van der Waals surface area contributed by atoms with Gasteiger partial charge in [0.25, 0.3) is 10.0 Å². The Morgan fingerprint density at radius 1 is 1.03 bits per heavy atom. The Balaban J connectivity index is 1.65. The van der Waals surface area contributed by atoms with Crippen molar-refractivity contribution in [2.45, 2.75) is 35.4 Å². The number of benzene rings is 2. The van der Waals surface area contributed by atoms with Gasteiger partial charge in [-0.15, -0.1) is 11.3 Å². The minimum atomic E-state index is -4.84. The average molecular weight is 529 g/mol. The number of nitrogens with zero attached hydrogens (tertiary/aromatic N) is 2. The third-order valence-corrected chi connectivity index (χ3v) is 9.50. The molecule has 1 N–H and O–H groups in total. The minimum Gasteiger partial charge on any atom is -0.376 e. The molecular formula is C24H24F4N2O3S2. The maximum atomic E-state index is 14.4. The van der Waals surface area contributed by atoms with Gasteiger partial charge in [-0.3, -0.25) is 0 Å². The standard InChI is InChI=1S/C24H24F4N2O3S2/c1-23(31,24(26,27)28)18-8-10-19(11-9-18)30-13-12-29(35(32,33)22-7-4-14-34-22)16-20(30)15-17-5-2-3-6-21(17)25/h2-11,14,20,31H,12-13,15-16H2,1H3. The predicted octanol–water partition coefficient (Wildman–Crippen LogP) is 4.78. The fourth-order valence-corrected chi connectivity index (χ4v) is 6.77. The highest BCUT2D eigenvalue weighted by Crippen LogP contribution is 2.39. The number of piperazine rings is 1. The van der Waals surface area contributed by atoms with Crippen LogP contribution in [0.4, 0.5) is 23.2 Å². The minimum absolute atomic E-state index is 0.0799. The third kappa shape index (κ3) is 5.09. The molecule has 35 heavy (non-hydrogen) atoms. The maximum absolute atomic E-state index is 14.4. The van der Waals surface area contributed by atoms with Crippen molar-refractivity contribution in [3.8, 4) is 0 Å². The van der Waals surface area contributed by atoms with Crippen LogP contribution in [-0.2, 0) is 22.0 Å². The van der Waals surface area contributed by atoms with Crippen LogP contribution in [0.3, 0.4) is 0 Å². The quantitative estimate of drug-likeness (QED) is 0.468. The lowest BCUT2D eigenvalue weighted by Crippen LogP contribution is -2.55. The lowest BCUT2D eigenvalue weighted by Gasteiger charge is -2.42. The smallest absolute Gasteiger partial charge is 0.376 e. The van der Waals surface area contributed by atoms with Crippen molar-refractivity contribution in [3.05, 3.63) is 83.0 Å². The van der Waals surface area contributed by atoms with E-state index in [9.17, 15) is 31.1 Å². The summed E-state index contributed by atoms with van der Waals surface area (Å²) in [5.41, 5.74) is -2.35. The zero-order valence-electron chi connectivity index (χ0n) is 18.7. The van der Waals surface area contributed by atoms with E-state index in [1.165, 1.54) is 40.7 Å². The normalized spacial score (nSPS) is 19.5. The van der Waals surface area contributed by atoms with Crippen molar-refractivity contribution in [2.24, 2.45) is 0 Å². The first-order chi connectivity index (χ1) is 16.4. The number of thiophene rings is 1. The number of halogens is 4. The van der Waals surface area contributed by atoms with Gasteiger partial charge >= 0.3 is 6.18 Å². The zero-order chi connectivity index (χ0) is 25.4. The van der Waals surface area contributed by atoms with E-state index in [4.69, 9.17) is 0 Å². The number of hydrogen-bond donors (Lipinski definition) is 1. The van der Waals surface area contributed by atoms with Gasteiger partial charge in [0, 0.05) is 31.4 Å². The van der Waals surface area contributed by atoms with E-state index >= 15 is 0 Å². The van der Waals surface area contributed by atoms with Crippen LogP contribution >= 0.6 is 11.3 Å². The molecule has 0 radical (unpaired) electrons. The third-order valence-electron chi connectivity index (χ3n) is 6.26.